The molecular weight excluding hydrogens is 338 g/mol. The minimum atomic E-state index is -0.740. The van der Waals surface area contributed by atoms with Gasteiger partial charge in [0.1, 0.15) is 17.0 Å². The predicted octanol–water partition coefficient (Wildman–Crippen LogP) is 2.41. The minimum absolute atomic E-state index is 0.103. The molecule has 1 aliphatic rings. The van der Waals surface area contributed by atoms with Gasteiger partial charge in [0.25, 0.3) is 0 Å². The fourth-order valence-corrected chi connectivity index (χ4v) is 3.40. The lowest BCUT2D eigenvalue weighted by Gasteiger charge is -2.17. The number of aryl methyl sites for hydroxylation is 1. The average Bonchev–Trinajstić information content (AvgIpc) is 2.86. The van der Waals surface area contributed by atoms with Gasteiger partial charge in [-0.15, -0.1) is 0 Å². The van der Waals surface area contributed by atoms with E-state index in [1.807, 2.05) is 6.92 Å². The summed E-state index contributed by atoms with van der Waals surface area (Å²) in [4.78, 5) is 36.6. The number of hydrogen-bond acceptors (Lipinski definition) is 6. The lowest BCUT2D eigenvalue weighted by molar-refractivity contribution is 0.0507. The Bertz CT molecular complexity index is 950. The van der Waals surface area contributed by atoms with Crippen molar-refractivity contribution in [2.45, 2.75) is 33.6 Å². The van der Waals surface area contributed by atoms with Gasteiger partial charge < -0.3 is 18.5 Å². The molecule has 7 nitrogen and oxygen atoms in total. The van der Waals surface area contributed by atoms with Gasteiger partial charge in [-0.2, -0.15) is 0 Å². The number of hydrogen-bond donors (Lipinski definition) is 0. The third kappa shape index (κ3) is 2.73. The fraction of sp³-hybridized carbons (Fsp3) is 0.421. The van der Waals surface area contributed by atoms with Crippen molar-refractivity contribution in [1.82, 2.24) is 4.57 Å². The first-order valence-electron chi connectivity index (χ1n) is 8.60. The van der Waals surface area contributed by atoms with E-state index < -0.39 is 17.6 Å². The Balaban J connectivity index is 2.17. The highest BCUT2D eigenvalue weighted by Crippen LogP contribution is 2.39. The second-order valence-corrected chi connectivity index (χ2v) is 6.09. The van der Waals surface area contributed by atoms with Crippen LogP contribution in [0.3, 0.4) is 0 Å². The van der Waals surface area contributed by atoms with E-state index >= 15 is 0 Å². The van der Waals surface area contributed by atoms with Gasteiger partial charge in [-0.1, -0.05) is 0 Å². The molecule has 0 bridgehead atoms. The first-order chi connectivity index (χ1) is 12.4. The van der Waals surface area contributed by atoms with E-state index in [0.717, 1.165) is 22.4 Å². The molecule has 0 spiro atoms. The van der Waals surface area contributed by atoms with Gasteiger partial charge in [-0.25, -0.2) is 14.4 Å². The molecule has 7 heteroatoms. The number of fused-ring (bicyclic) bond motifs is 3. The lowest BCUT2D eigenvalue weighted by Crippen LogP contribution is -2.19. The third-order valence-electron chi connectivity index (χ3n) is 4.65. The molecule has 0 aliphatic heterocycles. The van der Waals surface area contributed by atoms with Crippen molar-refractivity contribution in [3.05, 3.63) is 44.6 Å². The molecule has 0 radical (unpaired) electrons. The van der Waals surface area contributed by atoms with E-state index in [-0.39, 0.29) is 18.8 Å². The van der Waals surface area contributed by atoms with Crippen molar-refractivity contribution in [2.24, 2.45) is 7.05 Å². The first-order valence-corrected chi connectivity index (χ1v) is 8.60. The summed E-state index contributed by atoms with van der Waals surface area (Å²) < 4.78 is 17.3. The molecule has 138 valence electrons. The quantitative estimate of drug-likeness (QED) is 0.779. The van der Waals surface area contributed by atoms with Gasteiger partial charge in [0.15, 0.2) is 0 Å². The summed E-state index contributed by atoms with van der Waals surface area (Å²) >= 11 is 0. The normalized spacial score (nSPS) is 12.3. The third-order valence-corrected chi connectivity index (χ3v) is 4.65. The Hall–Kier alpha value is -2.83. The standard InChI is InChI=1S/C19H21NO6/c1-5-24-17(21)13-9-11-7-8-12-14(16(11)26-18(13)22)10(3)20(4)15(12)19(23)25-6-2/h9H,5-8H2,1-4H3. The zero-order valence-electron chi connectivity index (χ0n) is 15.3. The Morgan fingerprint density at radius 2 is 1.81 bits per heavy atom. The molecule has 1 aliphatic carbocycles. The Morgan fingerprint density at radius 3 is 2.46 bits per heavy atom. The van der Waals surface area contributed by atoms with Crippen molar-refractivity contribution in [3.8, 4) is 11.3 Å². The molecule has 3 rings (SSSR count). The second kappa shape index (κ2) is 6.82. The topological polar surface area (TPSA) is 87.7 Å². The molecule has 0 aromatic carbocycles. The highest BCUT2D eigenvalue weighted by Gasteiger charge is 2.32. The van der Waals surface area contributed by atoms with Crippen LogP contribution in [-0.4, -0.2) is 29.7 Å². The first kappa shape index (κ1) is 18.0. The smallest absolute Gasteiger partial charge is 0.355 e. The van der Waals surface area contributed by atoms with E-state index in [9.17, 15) is 14.4 Å². The van der Waals surface area contributed by atoms with E-state index in [1.165, 1.54) is 0 Å². The van der Waals surface area contributed by atoms with Gasteiger partial charge in [-0.3, -0.25) is 0 Å². The maximum atomic E-state index is 12.3. The molecule has 0 unspecified atom stereocenters. The number of nitrogens with zero attached hydrogens (tertiary/aromatic N) is 1. The molecule has 26 heavy (non-hydrogen) atoms. The van der Waals surface area contributed by atoms with Crippen molar-refractivity contribution in [2.75, 3.05) is 13.2 Å². The summed E-state index contributed by atoms with van der Waals surface area (Å²) in [5, 5.41) is 0. The summed E-state index contributed by atoms with van der Waals surface area (Å²) in [7, 11) is 1.78. The fourth-order valence-electron chi connectivity index (χ4n) is 3.40. The molecule has 0 N–H and O–H groups in total. The SMILES string of the molecule is CCOC(=O)c1cc2c(oc1=O)-c1c(c(C(=O)OCC)n(C)c1C)CC2. The van der Waals surface area contributed by atoms with Crippen LogP contribution in [0, 0.1) is 6.92 Å². The Morgan fingerprint density at radius 1 is 1.15 bits per heavy atom. The van der Waals surface area contributed by atoms with Crippen LogP contribution in [0.4, 0.5) is 0 Å². The van der Waals surface area contributed by atoms with Crippen LogP contribution < -0.4 is 5.63 Å². The summed E-state index contributed by atoms with van der Waals surface area (Å²) in [5.74, 6) is -0.673. The Kier molecular flexibility index (Phi) is 4.71. The van der Waals surface area contributed by atoms with Gasteiger partial charge in [0.05, 0.1) is 13.2 Å². The van der Waals surface area contributed by atoms with Crippen molar-refractivity contribution < 1.29 is 23.5 Å². The maximum Gasteiger partial charge on any atom is 0.355 e. The molecule has 0 fully saturated rings. The van der Waals surface area contributed by atoms with Crippen LogP contribution in [0.1, 0.15) is 51.5 Å². The van der Waals surface area contributed by atoms with Gasteiger partial charge in [-0.05, 0) is 50.8 Å². The highest BCUT2D eigenvalue weighted by atomic mass is 16.5. The molecule has 2 aromatic rings. The van der Waals surface area contributed by atoms with Gasteiger partial charge in [0.2, 0.25) is 0 Å². The summed E-state index contributed by atoms with van der Waals surface area (Å²) in [6.07, 6.45) is 1.14. The van der Waals surface area contributed by atoms with Crippen molar-refractivity contribution >= 4 is 11.9 Å². The van der Waals surface area contributed by atoms with Gasteiger partial charge >= 0.3 is 17.6 Å². The van der Waals surface area contributed by atoms with E-state index in [1.54, 1.807) is 31.5 Å². The zero-order chi connectivity index (χ0) is 19.0. The predicted molar refractivity (Wildman–Crippen MR) is 93.4 cm³/mol. The summed E-state index contributed by atoms with van der Waals surface area (Å²) in [5.41, 5.74) is 2.72. The number of aromatic nitrogens is 1. The number of ether oxygens (including phenoxy) is 2. The average molecular weight is 359 g/mol. The molecule has 2 heterocycles. The largest absolute Gasteiger partial charge is 0.462 e. The highest BCUT2D eigenvalue weighted by molar-refractivity contribution is 5.94. The maximum absolute atomic E-state index is 12.3. The molecule has 0 amide bonds. The Labute approximate surface area is 150 Å². The second-order valence-electron chi connectivity index (χ2n) is 6.09. The summed E-state index contributed by atoms with van der Waals surface area (Å²) in [6, 6.07) is 1.54. The van der Waals surface area contributed by atoms with Crippen molar-refractivity contribution in [1.29, 1.82) is 0 Å². The minimum Gasteiger partial charge on any atom is -0.462 e. The van der Waals surface area contributed by atoms with E-state index in [0.29, 0.717) is 24.3 Å². The number of rotatable bonds is 4. The summed E-state index contributed by atoms with van der Waals surface area (Å²) in [6.45, 7) is 5.75. The van der Waals surface area contributed by atoms with Crippen LogP contribution in [0.5, 0.6) is 0 Å². The van der Waals surface area contributed by atoms with Crippen LogP contribution in [-0.2, 0) is 29.4 Å². The van der Waals surface area contributed by atoms with Gasteiger partial charge in [0, 0.05) is 18.3 Å². The van der Waals surface area contributed by atoms with Crippen LogP contribution in [0.2, 0.25) is 0 Å². The molecular formula is C19H21NO6. The van der Waals surface area contributed by atoms with Crippen molar-refractivity contribution in [3.63, 3.8) is 0 Å². The van der Waals surface area contributed by atoms with Crippen LogP contribution in [0.25, 0.3) is 11.3 Å². The molecule has 0 atom stereocenters. The van der Waals surface area contributed by atoms with Crippen LogP contribution >= 0.6 is 0 Å². The molecule has 0 saturated carbocycles. The van der Waals surface area contributed by atoms with Crippen LogP contribution in [0.15, 0.2) is 15.3 Å². The zero-order valence-corrected chi connectivity index (χ0v) is 15.3. The van der Waals surface area contributed by atoms with E-state index in [4.69, 9.17) is 13.9 Å². The molecule has 2 aromatic heterocycles. The molecule has 0 saturated heterocycles. The van der Waals surface area contributed by atoms with E-state index in [2.05, 4.69) is 0 Å². The number of carbonyl (C=O) groups excluding carboxylic acids is 2. The monoisotopic (exact) mass is 359 g/mol. The lowest BCUT2D eigenvalue weighted by atomic mass is 9.89. The number of esters is 2. The number of carbonyl (C=O) groups is 2.